The Kier molecular flexibility index (Phi) is 9.37. The van der Waals surface area contributed by atoms with Gasteiger partial charge in [0.25, 0.3) is 0 Å². The highest BCUT2D eigenvalue weighted by Crippen LogP contribution is 2.31. The second-order valence-electron chi connectivity index (χ2n) is 9.21. The zero-order valence-electron chi connectivity index (χ0n) is 20.5. The number of methoxy groups -OCH3 is 1. The summed E-state index contributed by atoms with van der Waals surface area (Å²) >= 11 is 12.1. The number of aliphatic hydroxyl groups is 1. The summed E-state index contributed by atoms with van der Waals surface area (Å²) in [6.07, 6.45) is 8.60. The molecule has 0 bridgehead atoms. The van der Waals surface area contributed by atoms with Crippen molar-refractivity contribution < 1.29 is 19.3 Å². The van der Waals surface area contributed by atoms with E-state index in [4.69, 9.17) is 37.4 Å². The molecule has 0 spiro atoms. The highest BCUT2D eigenvalue weighted by atomic mass is 35.5. The summed E-state index contributed by atoms with van der Waals surface area (Å²) in [7, 11) is 1.66. The molecule has 1 atom stereocenters. The van der Waals surface area contributed by atoms with Crippen LogP contribution in [0.3, 0.4) is 0 Å². The Bertz CT molecular complexity index is 1110. The van der Waals surface area contributed by atoms with Crippen LogP contribution in [0.4, 0.5) is 0 Å². The number of aromatic nitrogens is 2. The van der Waals surface area contributed by atoms with Crippen LogP contribution < -0.4 is 14.2 Å². The Morgan fingerprint density at radius 1 is 1.03 bits per heavy atom. The summed E-state index contributed by atoms with van der Waals surface area (Å²) in [5, 5.41) is 12.1. The molecule has 2 heterocycles. The maximum atomic E-state index is 11.2. The van der Waals surface area contributed by atoms with Gasteiger partial charge in [-0.1, -0.05) is 29.3 Å². The number of ether oxygens (including phenoxy) is 3. The summed E-state index contributed by atoms with van der Waals surface area (Å²) in [6, 6.07) is 11.2. The van der Waals surface area contributed by atoms with Gasteiger partial charge in [0.15, 0.2) is 11.5 Å². The van der Waals surface area contributed by atoms with Crippen LogP contribution in [0, 0.1) is 0 Å². The van der Waals surface area contributed by atoms with Gasteiger partial charge in [0.2, 0.25) is 0 Å². The van der Waals surface area contributed by atoms with Crippen LogP contribution in [0.25, 0.3) is 0 Å². The lowest BCUT2D eigenvalue weighted by molar-refractivity contribution is -0.0168. The lowest BCUT2D eigenvalue weighted by Crippen LogP contribution is -2.37. The largest absolute Gasteiger partial charge is 0.493 e. The molecule has 3 aromatic rings. The number of hydrogen-bond acceptors (Lipinski definition) is 6. The minimum absolute atomic E-state index is 0.221. The van der Waals surface area contributed by atoms with E-state index in [2.05, 4.69) is 22.0 Å². The summed E-state index contributed by atoms with van der Waals surface area (Å²) in [4.78, 5) is 6.43. The van der Waals surface area contributed by atoms with Crippen LogP contribution in [0.5, 0.6) is 17.2 Å². The molecule has 9 heteroatoms. The average molecular weight is 534 g/mol. The molecule has 0 amide bonds. The zero-order chi connectivity index (χ0) is 25.4. The van der Waals surface area contributed by atoms with Crippen LogP contribution >= 0.6 is 23.2 Å². The van der Waals surface area contributed by atoms with E-state index in [1.54, 1.807) is 31.5 Å². The molecule has 7 nitrogen and oxygen atoms in total. The smallest absolute Gasteiger partial charge is 0.161 e. The Hall–Kier alpha value is -2.45. The molecular weight excluding hydrogens is 501 g/mol. The monoisotopic (exact) mass is 533 g/mol. The Balaban J connectivity index is 1.29. The van der Waals surface area contributed by atoms with Crippen LogP contribution in [-0.4, -0.2) is 58.6 Å². The lowest BCUT2D eigenvalue weighted by Gasteiger charge is -2.27. The number of halogens is 2. The van der Waals surface area contributed by atoms with Crippen molar-refractivity contribution in [2.24, 2.45) is 0 Å². The fraction of sp³-hybridized carbons (Fsp3) is 0.444. The highest BCUT2D eigenvalue weighted by Gasteiger charge is 2.31. The van der Waals surface area contributed by atoms with Crippen molar-refractivity contribution in [3.8, 4) is 17.2 Å². The minimum atomic E-state index is -0.885. The number of aryl methyl sites for hydroxylation is 1. The van der Waals surface area contributed by atoms with Gasteiger partial charge in [-0.3, -0.25) is 4.90 Å². The van der Waals surface area contributed by atoms with Crippen molar-refractivity contribution in [2.45, 2.75) is 44.4 Å². The standard InChI is InChI=1S/C27H33Cl2N3O4/c1-34-25-7-4-21(16-26(25)35-15-3-12-32-14-10-30-20-32)18-31-11-2-8-27(33,9-13-31)19-36-22-5-6-23(28)24(29)17-22/h4-7,10,14,16-17,20,33H,2-3,8-9,11-13,15,18-19H2,1H3/t27-/m1/s1. The van der Waals surface area contributed by atoms with E-state index in [1.165, 1.54) is 0 Å². The van der Waals surface area contributed by atoms with Crippen molar-refractivity contribution in [3.05, 3.63) is 70.7 Å². The topological polar surface area (TPSA) is 69.0 Å². The quantitative estimate of drug-likeness (QED) is 0.330. The van der Waals surface area contributed by atoms with E-state index in [0.717, 1.165) is 56.1 Å². The summed E-state index contributed by atoms with van der Waals surface area (Å²) in [6.45, 7) is 4.12. The molecule has 1 aromatic heterocycles. The SMILES string of the molecule is COc1ccc(CN2CCC[C@](O)(COc3ccc(Cl)c(Cl)c3)CC2)cc1OCCCn1ccnc1. The van der Waals surface area contributed by atoms with Crippen molar-refractivity contribution in [1.29, 1.82) is 0 Å². The van der Waals surface area contributed by atoms with Gasteiger partial charge in [0.05, 0.1) is 35.7 Å². The summed E-state index contributed by atoms with van der Waals surface area (Å²) in [5.74, 6) is 2.09. The van der Waals surface area contributed by atoms with E-state index in [-0.39, 0.29) is 6.61 Å². The van der Waals surface area contributed by atoms with Crippen LogP contribution in [0.15, 0.2) is 55.1 Å². The fourth-order valence-electron chi connectivity index (χ4n) is 4.36. The molecule has 0 aliphatic carbocycles. The predicted octanol–water partition coefficient (Wildman–Crippen LogP) is 5.46. The molecule has 0 radical (unpaired) electrons. The minimum Gasteiger partial charge on any atom is -0.493 e. The molecule has 1 fully saturated rings. The lowest BCUT2D eigenvalue weighted by atomic mass is 9.96. The van der Waals surface area contributed by atoms with Crippen LogP contribution in [-0.2, 0) is 13.1 Å². The Morgan fingerprint density at radius 2 is 1.92 bits per heavy atom. The number of nitrogens with zero attached hydrogens (tertiary/aromatic N) is 3. The molecule has 36 heavy (non-hydrogen) atoms. The molecule has 0 saturated carbocycles. The van der Waals surface area contributed by atoms with E-state index in [9.17, 15) is 5.11 Å². The molecule has 0 unspecified atom stereocenters. The van der Waals surface area contributed by atoms with Crippen molar-refractivity contribution in [2.75, 3.05) is 33.4 Å². The van der Waals surface area contributed by atoms with Crippen molar-refractivity contribution >= 4 is 23.2 Å². The van der Waals surface area contributed by atoms with Gasteiger partial charge in [-0.2, -0.15) is 0 Å². The third-order valence-electron chi connectivity index (χ3n) is 6.42. The van der Waals surface area contributed by atoms with E-state index < -0.39 is 5.60 Å². The van der Waals surface area contributed by atoms with E-state index >= 15 is 0 Å². The molecule has 1 aliphatic heterocycles. The second kappa shape index (κ2) is 12.7. The summed E-state index contributed by atoms with van der Waals surface area (Å²) in [5.41, 5.74) is 0.266. The number of hydrogen-bond donors (Lipinski definition) is 1. The molecule has 1 aliphatic rings. The molecule has 194 valence electrons. The Labute approximate surface area is 222 Å². The first-order valence-corrected chi connectivity index (χ1v) is 13.0. The third-order valence-corrected chi connectivity index (χ3v) is 7.16. The van der Waals surface area contributed by atoms with Crippen molar-refractivity contribution in [3.63, 3.8) is 0 Å². The normalized spacial score (nSPS) is 18.6. The fourth-order valence-corrected chi connectivity index (χ4v) is 4.65. The maximum Gasteiger partial charge on any atom is 0.161 e. The Morgan fingerprint density at radius 3 is 2.69 bits per heavy atom. The van der Waals surface area contributed by atoms with E-state index in [0.29, 0.717) is 35.2 Å². The average Bonchev–Trinajstić information content (AvgIpc) is 3.33. The van der Waals surface area contributed by atoms with Gasteiger partial charge in [0, 0.05) is 38.1 Å². The number of imidazole rings is 1. The highest BCUT2D eigenvalue weighted by molar-refractivity contribution is 6.42. The first kappa shape index (κ1) is 26.6. The van der Waals surface area contributed by atoms with Crippen LogP contribution in [0.1, 0.15) is 31.2 Å². The van der Waals surface area contributed by atoms with Crippen molar-refractivity contribution in [1.82, 2.24) is 14.5 Å². The molecule has 4 rings (SSSR count). The number of rotatable bonds is 11. The van der Waals surface area contributed by atoms with Gasteiger partial charge in [0.1, 0.15) is 12.4 Å². The zero-order valence-corrected chi connectivity index (χ0v) is 22.0. The third kappa shape index (κ3) is 7.53. The summed E-state index contributed by atoms with van der Waals surface area (Å²) < 4.78 is 19.4. The molecule has 2 aromatic carbocycles. The number of benzene rings is 2. The number of likely N-dealkylation sites (tertiary alicyclic amines) is 1. The van der Waals surface area contributed by atoms with Crippen LogP contribution in [0.2, 0.25) is 10.0 Å². The first-order valence-electron chi connectivity index (χ1n) is 12.2. The first-order chi connectivity index (χ1) is 17.4. The maximum absolute atomic E-state index is 11.2. The predicted molar refractivity (Wildman–Crippen MR) is 141 cm³/mol. The second-order valence-corrected chi connectivity index (χ2v) is 10.0. The molecule has 1 N–H and O–H groups in total. The van der Waals surface area contributed by atoms with Gasteiger partial charge in [-0.15, -0.1) is 0 Å². The van der Waals surface area contributed by atoms with Gasteiger partial charge in [-0.25, -0.2) is 4.98 Å². The molecule has 1 saturated heterocycles. The molecular formula is C27H33Cl2N3O4. The van der Waals surface area contributed by atoms with Gasteiger partial charge in [-0.05, 0) is 62.1 Å². The van der Waals surface area contributed by atoms with Gasteiger partial charge >= 0.3 is 0 Å². The van der Waals surface area contributed by atoms with E-state index in [1.807, 2.05) is 23.2 Å². The van der Waals surface area contributed by atoms with Gasteiger partial charge < -0.3 is 23.9 Å².